The van der Waals surface area contributed by atoms with Crippen LogP contribution in [0.15, 0.2) is 36.5 Å². The fourth-order valence-electron chi connectivity index (χ4n) is 2.33. The number of aromatic nitrogens is 2. The van der Waals surface area contributed by atoms with Crippen LogP contribution in [0.5, 0.6) is 0 Å². The maximum atomic E-state index is 12.5. The zero-order valence-electron chi connectivity index (χ0n) is 11.9. The first kappa shape index (κ1) is 14.6. The highest BCUT2D eigenvalue weighted by atomic mass is 19.4. The summed E-state index contributed by atoms with van der Waals surface area (Å²) in [5.41, 5.74) is 1.28. The number of hydrogen-bond acceptors (Lipinski definition) is 3. The fraction of sp³-hybridized carbons (Fsp3) is 0.250. The Morgan fingerprint density at radius 3 is 2.59 bits per heavy atom. The molecule has 2 aromatic rings. The Labute approximate surface area is 125 Å². The molecule has 1 N–H and O–H groups in total. The van der Waals surface area contributed by atoms with E-state index in [2.05, 4.69) is 28.3 Å². The summed E-state index contributed by atoms with van der Waals surface area (Å²) in [7, 11) is 0. The van der Waals surface area contributed by atoms with Crippen molar-refractivity contribution in [2.24, 2.45) is 5.92 Å². The molecule has 0 spiro atoms. The third-order valence-corrected chi connectivity index (χ3v) is 3.48. The highest BCUT2D eigenvalue weighted by molar-refractivity contribution is 5.59. The van der Waals surface area contributed by atoms with Crippen LogP contribution in [0.25, 0.3) is 6.08 Å². The average Bonchev–Trinajstić information content (AvgIpc) is 2.47. The first-order chi connectivity index (χ1) is 10.4. The molecule has 0 radical (unpaired) electrons. The van der Waals surface area contributed by atoms with Crippen LogP contribution in [0.1, 0.15) is 23.7 Å². The maximum absolute atomic E-state index is 12.5. The van der Waals surface area contributed by atoms with Crippen molar-refractivity contribution in [2.45, 2.75) is 19.5 Å². The van der Waals surface area contributed by atoms with E-state index in [9.17, 15) is 13.2 Å². The van der Waals surface area contributed by atoms with Crippen LogP contribution in [0.2, 0.25) is 0 Å². The monoisotopic (exact) mass is 305 g/mol. The van der Waals surface area contributed by atoms with Gasteiger partial charge in [-0.2, -0.15) is 13.2 Å². The van der Waals surface area contributed by atoms with Crippen LogP contribution in [-0.2, 0) is 12.6 Å². The van der Waals surface area contributed by atoms with Gasteiger partial charge in [0.25, 0.3) is 0 Å². The highest BCUT2D eigenvalue weighted by Crippen LogP contribution is 2.29. The van der Waals surface area contributed by atoms with Crippen molar-refractivity contribution in [1.29, 1.82) is 0 Å². The zero-order valence-corrected chi connectivity index (χ0v) is 11.9. The number of alkyl halides is 3. The summed E-state index contributed by atoms with van der Waals surface area (Å²) in [6, 6.07) is 6.08. The molecule has 2 aromatic heterocycles. The minimum absolute atomic E-state index is 0.327. The topological polar surface area (TPSA) is 37.8 Å². The molecule has 2 heterocycles. The third-order valence-electron chi connectivity index (χ3n) is 3.48. The van der Waals surface area contributed by atoms with Crippen LogP contribution in [0, 0.1) is 5.92 Å². The number of fused-ring (bicyclic) bond motifs is 1. The van der Waals surface area contributed by atoms with E-state index in [1.165, 1.54) is 11.6 Å². The highest BCUT2D eigenvalue weighted by Gasteiger charge is 2.30. The molecule has 0 aromatic carbocycles. The largest absolute Gasteiger partial charge is 0.417 e. The van der Waals surface area contributed by atoms with E-state index in [4.69, 9.17) is 0 Å². The number of allylic oxidation sites excluding steroid dienone is 1. The summed E-state index contributed by atoms with van der Waals surface area (Å²) in [6.45, 7) is 2.14. The summed E-state index contributed by atoms with van der Waals surface area (Å²) < 4.78 is 37.5. The Bertz CT molecular complexity index is 706. The molecule has 0 bridgehead atoms. The molecular weight excluding hydrogens is 291 g/mol. The van der Waals surface area contributed by atoms with E-state index in [0.717, 1.165) is 24.4 Å². The molecule has 1 unspecified atom stereocenters. The van der Waals surface area contributed by atoms with Crippen molar-refractivity contribution in [3.05, 3.63) is 53.4 Å². The molecule has 22 heavy (non-hydrogen) atoms. The lowest BCUT2D eigenvalue weighted by atomic mass is 9.94. The molecule has 3 nitrogen and oxygen atoms in total. The average molecular weight is 305 g/mol. The number of nitrogens with one attached hydrogen (secondary N) is 1. The summed E-state index contributed by atoms with van der Waals surface area (Å²) >= 11 is 0. The number of halogens is 3. The van der Waals surface area contributed by atoms with Crippen molar-refractivity contribution in [3.8, 4) is 0 Å². The number of nitrogens with zero attached hydrogens (tertiary/aromatic N) is 2. The Kier molecular flexibility index (Phi) is 3.60. The molecule has 3 rings (SSSR count). The number of hydrogen-bond donors (Lipinski definition) is 1. The third kappa shape index (κ3) is 3.10. The first-order valence-electron chi connectivity index (χ1n) is 6.90. The second kappa shape index (κ2) is 5.44. The van der Waals surface area contributed by atoms with Crippen molar-refractivity contribution < 1.29 is 13.2 Å². The summed E-state index contributed by atoms with van der Waals surface area (Å²) in [4.78, 5) is 8.23. The van der Waals surface area contributed by atoms with E-state index >= 15 is 0 Å². The van der Waals surface area contributed by atoms with Gasteiger partial charge in [-0.1, -0.05) is 19.1 Å². The van der Waals surface area contributed by atoms with Gasteiger partial charge in [-0.05, 0) is 42.2 Å². The van der Waals surface area contributed by atoms with Crippen LogP contribution in [0.4, 0.5) is 24.8 Å². The van der Waals surface area contributed by atoms with Gasteiger partial charge in [0.1, 0.15) is 11.6 Å². The van der Waals surface area contributed by atoms with Crippen LogP contribution >= 0.6 is 0 Å². The molecule has 0 fully saturated rings. The zero-order chi connectivity index (χ0) is 15.7. The molecule has 0 amide bonds. The molecule has 1 atom stereocenters. The van der Waals surface area contributed by atoms with E-state index < -0.39 is 11.7 Å². The predicted molar refractivity (Wildman–Crippen MR) is 78.7 cm³/mol. The van der Waals surface area contributed by atoms with Crippen molar-refractivity contribution in [3.63, 3.8) is 0 Å². The van der Waals surface area contributed by atoms with E-state index in [0.29, 0.717) is 17.6 Å². The Balaban J connectivity index is 1.79. The molecule has 1 aliphatic carbocycles. The van der Waals surface area contributed by atoms with Gasteiger partial charge in [-0.25, -0.2) is 9.97 Å². The van der Waals surface area contributed by atoms with Gasteiger partial charge in [0.15, 0.2) is 0 Å². The predicted octanol–water partition coefficient (Wildman–Crippen LogP) is 4.44. The SMILES string of the molecule is CC1C=Cc2nc(Nc3ccc(C(F)(F)F)cn3)ccc2C1. The lowest BCUT2D eigenvalue weighted by molar-refractivity contribution is -0.137. The van der Waals surface area contributed by atoms with E-state index in [-0.39, 0.29) is 0 Å². The van der Waals surface area contributed by atoms with Crippen LogP contribution in [0.3, 0.4) is 0 Å². The Morgan fingerprint density at radius 2 is 1.91 bits per heavy atom. The van der Waals surface area contributed by atoms with Gasteiger partial charge >= 0.3 is 6.18 Å². The lowest BCUT2D eigenvalue weighted by Gasteiger charge is -2.16. The second-order valence-electron chi connectivity index (χ2n) is 5.34. The summed E-state index contributed by atoms with van der Waals surface area (Å²) in [6.07, 6.45) is 1.43. The van der Waals surface area contributed by atoms with Crippen LogP contribution < -0.4 is 5.32 Å². The number of anilines is 2. The molecule has 6 heteroatoms. The van der Waals surface area contributed by atoms with Gasteiger partial charge < -0.3 is 5.32 Å². The van der Waals surface area contributed by atoms with Gasteiger partial charge in [0, 0.05) is 6.20 Å². The smallest absolute Gasteiger partial charge is 0.325 e. The van der Waals surface area contributed by atoms with E-state index in [1.807, 2.05) is 18.2 Å². The van der Waals surface area contributed by atoms with E-state index in [1.54, 1.807) is 0 Å². The maximum Gasteiger partial charge on any atom is 0.417 e. The summed E-state index contributed by atoms with van der Waals surface area (Å²) in [5.74, 6) is 1.38. The normalized spacial score (nSPS) is 17.2. The van der Waals surface area contributed by atoms with Crippen molar-refractivity contribution >= 4 is 17.7 Å². The number of rotatable bonds is 2. The Morgan fingerprint density at radius 1 is 1.14 bits per heavy atom. The molecule has 0 saturated heterocycles. The van der Waals surface area contributed by atoms with Crippen molar-refractivity contribution in [1.82, 2.24) is 9.97 Å². The second-order valence-corrected chi connectivity index (χ2v) is 5.34. The standard InChI is InChI=1S/C16H14F3N3/c1-10-2-5-13-11(8-10)3-6-15(21-13)22-14-7-4-12(9-20-14)16(17,18)19/h2-7,9-10H,8H2,1H3,(H,20,21,22). The number of pyridine rings is 2. The molecule has 0 saturated carbocycles. The van der Waals surface area contributed by atoms with Crippen LogP contribution in [-0.4, -0.2) is 9.97 Å². The fourth-order valence-corrected chi connectivity index (χ4v) is 2.33. The first-order valence-corrected chi connectivity index (χ1v) is 6.90. The quantitative estimate of drug-likeness (QED) is 0.891. The van der Waals surface area contributed by atoms with Gasteiger partial charge in [-0.3, -0.25) is 0 Å². The van der Waals surface area contributed by atoms with Gasteiger partial charge in [-0.15, -0.1) is 0 Å². The van der Waals surface area contributed by atoms with Crippen molar-refractivity contribution in [2.75, 3.05) is 5.32 Å². The summed E-state index contributed by atoms with van der Waals surface area (Å²) in [5, 5.41) is 2.92. The molecule has 114 valence electrons. The van der Waals surface area contributed by atoms with Gasteiger partial charge in [0.05, 0.1) is 11.3 Å². The molecule has 1 aliphatic rings. The van der Waals surface area contributed by atoms with Gasteiger partial charge in [0.2, 0.25) is 0 Å². The molecular formula is C16H14F3N3. The minimum Gasteiger partial charge on any atom is -0.325 e. The lowest BCUT2D eigenvalue weighted by Crippen LogP contribution is -2.07. The Hall–Kier alpha value is -2.37. The minimum atomic E-state index is -4.38. The molecule has 0 aliphatic heterocycles.